The summed E-state index contributed by atoms with van der Waals surface area (Å²) in [6.45, 7) is 3.20. The number of unbranched alkanes of at least 4 members (excludes halogenated alkanes) is 1. The predicted molar refractivity (Wildman–Crippen MR) is 162 cm³/mol. The average Bonchev–Trinajstić information content (AvgIpc) is 3.54. The van der Waals surface area contributed by atoms with E-state index in [1.165, 1.54) is 7.11 Å². The monoisotopic (exact) mass is 613 g/mol. The van der Waals surface area contributed by atoms with Crippen LogP contribution in [0.4, 0.5) is 0 Å². The molecule has 234 valence electrons. The lowest BCUT2D eigenvalue weighted by Gasteiger charge is -2.43. The topological polar surface area (TPSA) is 106 Å². The molecule has 0 unspecified atom stereocenters. The SMILES string of the molecule is CCCCn1cc[n+](C[C@H]2O[C@H](OC)[C@H](OC(=O)c3ccccc3)[C@@H](OC(=O)c3ccccc3)[C@@H]2OC(=O)c2ccccc2)c1. The van der Waals surface area contributed by atoms with Crippen LogP contribution in [0.25, 0.3) is 0 Å². The van der Waals surface area contributed by atoms with Crippen molar-refractivity contribution in [2.24, 2.45) is 0 Å². The maximum absolute atomic E-state index is 13.5. The van der Waals surface area contributed by atoms with E-state index in [1.54, 1.807) is 91.0 Å². The first-order valence-electron chi connectivity index (χ1n) is 15.0. The van der Waals surface area contributed by atoms with Crippen LogP contribution < -0.4 is 4.57 Å². The molecule has 45 heavy (non-hydrogen) atoms. The first kappa shape index (κ1) is 31.6. The Morgan fingerprint density at radius 1 is 0.733 bits per heavy atom. The van der Waals surface area contributed by atoms with Crippen molar-refractivity contribution < 1.29 is 42.6 Å². The van der Waals surface area contributed by atoms with Crippen molar-refractivity contribution >= 4 is 17.9 Å². The minimum Gasteiger partial charge on any atom is -0.452 e. The molecule has 0 bridgehead atoms. The third-order valence-electron chi connectivity index (χ3n) is 7.49. The fraction of sp³-hybridized carbons (Fsp3) is 0.314. The van der Waals surface area contributed by atoms with Crippen LogP contribution in [-0.4, -0.2) is 60.3 Å². The van der Waals surface area contributed by atoms with Crippen molar-refractivity contribution in [1.29, 1.82) is 0 Å². The van der Waals surface area contributed by atoms with Crippen LogP contribution in [0.2, 0.25) is 0 Å². The highest BCUT2D eigenvalue weighted by molar-refractivity contribution is 5.91. The number of hydrogen-bond donors (Lipinski definition) is 0. The summed E-state index contributed by atoms with van der Waals surface area (Å²) >= 11 is 0. The second kappa shape index (κ2) is 15.3. The molecule has 1 aromatic heterocycles. The Bertz CT molecular complexity index is 1540. The second-order valence-corrected chi connectivity index (χ2v) is 10.7. The van der Waals surface area contributed by atoms with Gasteiger partial charge in [0.2, 0.25) is 6.33 Å². The molecule has 0 N–H and O–H groups in total. The number of methoxy groups -OCH3 is 1. The Labute approximate surface area is 262 Å². The summed E-state index contributed by atoms with van der Waals surface area (Å²) in [4.78, 5) is 40.3. The number of nitrogens with zero attached hydrogens (tertiary/aromatic N) is 2. The van der Waals surface area contributed by atoms with Gasteiger partial charge in [-0.25, -0.2) is 23.5 Å². The number of hydrogen-bond acceptors (Lipinski definition) is 8. The normalized spacial score (nSPS) is 21.1. The largest absolute Gasteiger partial charge is 0.452 e. The van der Waals surface area contributed by atoms with Gasteiger partial charge in [-0.2, -0.15) is 0 Å². The van der Waals surface area contributed by atoms with E-state index < -0.39 is 48.6 Å². The van der Waals surface area contributed by atoms with Gasteiger partial charge in [0.1, 0.15) is 25.0 Å². The lowest BCUT2D eigenvalue weighted by atomic mass is 9.97. The zero-order valence-corrected chi connectivity index (χ0v) is 25.3. The molecule has 0 radical (unpaired) electrons. The van der Waals surface area contributed by atoms with Gasteiger partial charge < -0.3 is 23.7 Å². The number of ether oxygens (including phenoxy) is 5. The highest BCUT2D eigenvalue weighted by Gasteiger charge is 2.53. The van der Waals surface area contributed by atoms with Crippen molar-refractivity contribution in [1.82, 2.24) is 4.57 Å². The molecule has 3 aromatic carbocycles. The van der Waals surface area contributed by atoms with E-state index in [2.05, 4.69) is 11.5 Å². The molecule has 1 fully saturated rings. The number of carbonyl (C=O) groups is 3. The van der Waals surface area contributed by atoms with Gasteiger partial charge in [0.05, 0.1) is 23.2 Å². The van der Waals surface area contributed by atoms with Crippen LogP contribution in [0.1, 0.15) is 50.8 Å². The van der Waals surface area contributed by atoms with Gasteiger partial charge in [-0.05, 0) is 42.8 Å². The van der Waals surface area contributed by atoms with Crippen LogP contribution in [-0.2, 0) is 36.8 Å². The Hall–Kier alpha value is -4.80. The molecule has 5 atom stereocenters. The number of benzene rings is 3. The molecule has 0 saturated carbocycles. The van der Waals surface area contributed by atoms with Crippen molar-refractivity contribution in [2.45, 2.75) is 63.6 Å². The van der Waals surface area contributed by atoms with Crippen LogP contribution in [0, 0.1) is 0 Å². The van der Waals surface area contributed by atoms with E-state index in [-0.39, 0.29) is 17.7 Å². The van der Waals surface area contributed by atoms with Crippen molar-refractivity contribution in [3.05, 3.63) is 126 Å². The minimum atomic E-state index is -1.29. The number of aryl methyl sites for hydroxylation is 1. The maximum atomic E-state index is 13.5. The first-order chi connectivity index (χ1) is 22.0. The smallest absolute Gasteiger partial charge is 0.338 e. The van der Waals surface area contributed by atoms with Gasteiger partial charge >= 0.3 is 17.9 Å². The van der Waals surface area contributed by atoms with E-state index in [0.29, 0.717) is 5.56 Å². The molecule has 1 aliphatic heterocycles. The maximum Gasteiger partial charge on any atom is 0.338 e. The Balaban J connectivity index is 1.52. The van der Waals surface area contributed by atoms with Crippen molar-refractivity contribution in [3.63, 3.8) is 0 Å². The number of esters is 3. The van der Waals surface area contributed by atoms with E-state index in [9.17, 15) is 14.4 Å². The summed E-state index contributed by atoms with van der Waals surface area (Å²) in [6.07, 6.45) is 2.10. The summed E-state index contributed by atoms with van der Waals surface area (Å²) in [7, 11) is 1.41. The third-order valence-corrected chi connectivity index (χ3v) is 7.49. The third kappa shape index (κ3) is 8.03. The molecule has 0 amide bonds. The molecule has 4 aromatic rings. The first-order valence-corrected chi connectivity index (χ1v) is 15.0. The molecular formula is C35H37N2O8+. The molecule has 0 spiro atoms. The van der Waals surface area contributed by atoms with Crippen LogP contribution in [0.15, 0.2) is 110 Å². The molecule has 10 heteroatoms. The Morgan fingerprint density at radius 2 is 1.22 bits per heavy atom. The fourth-order valence-electron chi connectivity index (χ4n) is 5.14. The molecular weight excluding hydrogens is 576 g/mol. The molecule has 10 nitrogen and oxygen atoms in total. The number of aromatic nitrogens is 2. The molecule has 5 rings (SSSR count). The van der Waals surface area contributed by atoms with Gasteiger partial charge in [-0.1, -0.05) is 67.9 Å². The van der Waals surface area contributed by atoms with E-state index in [4.69, 9.17) is 23.7 Å². The fourth-order valence-corrected chi connectivity index (χ4v) is 5.14. The summed E-state index contributed by atoms with van der Waals surface area (Å²) in [5.41, 5.74) is 0.858. The van der Waals surface area contributed by atoms with Crippen molar-refractivity contribution in [3.8, 4) is 0 Å². The van der Waals surface area contributed by atoms with Gasteiger partial charge in [-0.15, -0.1) is 0 Å². The molecule has 2 heterocycles. The van der Waals surface area contributed by atoms with Crippen molar-refractivity contribution in [2.75, 3.05) is 7.11 Å². The number of carbonyl (C=O) groups excluding carboxylic acids is 3. The highest BCUT2D eigenvalue weighted by Crippen LogP contribution is 2.31. The van der Waals surface area contributed by atoms with Gasteiger partial charge in [-0.3, -0.25) is 0 Å². The van der Waals surface area contributed by atoms with Gasteiger partial charge in [0, 0.05) is 7.11 Å². The minimum absolute atomic E-state index is 0.227. The van der Waals surface area contributed by atoms with Crippen LogP contribution >= 0.6 is 0 Å². The van der Waals surface area contributed by atoms with Gasteiger partial charge in [0.15, 0.2) is 24.6 Å². The second-order valence-electron chi connectivity index (χ2n) is 10.7. The van der Waals surface area contributed by atoms with Crippen LogP contribution in [0.3, 0.4) is 0 Å². The highest BCUT2D eigenvalue weighted by atomic mass is 16.7. The summed E-state index contributed by atoms with van der Waals surface area (Å²) in [6, 6.07) is 25.3. The summed E-state index contributed by atoms with van der Waals surface area (Å²) in [5.74, 6) is -2.01. The van der Waals surface area contributed by atoms with Crippen LogP contribution in [0.5, 0.6) is 0 Å². The standard InChI is InChI=1S/C35H37N2O8/c1-3-4-20-36-21-22-37(24-36)23-28-29(43-32(38)25-14-8-5-9-15-25)30(44-33(39)26-16-10-6-11-17-26)31(35(41-2)42-28)45-34(40)27-18-12-7-13-19-27/h5-19,21-22,24,28-31,35H,3-4,20,23H2,1-2H3/q+1/t28-,29-,30+,31-,35+/m1/s1. The van der Waals surface area contributed by atoms with Gasteiger partial charge in [0.25, 0.3) is 0 Å². The predicted octanol–water partition coefficient (Wildman–Crippen LogP) is 4.62. The zero-order chi connectivity index (χ0) is 31.6. The van der Waals surface area contributed by atoms with E-state index in [1.807, 2.05) is 23.3 Å². The van der Waals surface area contributed by atoms with E-state index in [0.717, 1.165) is 19.4 Å². The number of rotatable bonds is 12. The lowest BCUT2D eigenvalue weighted by Crippen LogP contribution is -2.64. The lowest BCUT2D eigenvalue weighted by molar-refractivity contribution is -0.706. The Kier molecular flexibility index (Phi) is 10.7. The molecule has 1 saturated heterocycles. The Morgan fingerprint density at radius 3 is 1.71 bits per heavy atom. The quantitative estimate of drug-likeness (QED) is 0.130. The number of imidazole rings is 1. The summed E-state index contributed by atoms with van der Waals surface area (Å²) in [5, 5.41) is 0. The molecule has 0 aliphatic carbocycles. The summed E-state index contributed by atoms with van der Waals surface area (Å²) < 4.78 is 34.1. The zero-order valence-electron chi connectivity index (χ0n) is 25.3. The molecule has 1 aliphatic rings. The average molecular weight is 614 g/mol. The van der Waals surface area contributed by atoms with E-state index >= 15 is 0 Å².